The molecule has 2 unspecified atom stereocenters. The van der Waals surface area contributed by atoms with E-state index in [-0.39, 0.29) is 0 Å². The number of rotatable bonds is 2. The molecule has 0 bridgehead atoms. The van der Waals surface area contributed by atoms with Gasteiger partial charge in [-0.3, -0.25) is 9.80 Å². The molecular formula is C19H35N3. The Kier molecular flexibility index (Phi) is 4.75. The normalized spacial score (nSPS) is 37.5. The standard InChI is InChI=1S/C19H35N3/c1-20-12-9-17(10-13-20)22-15-14-21-11-5-8-18(21)19(22)16-6-3-2-4-7-16/h16-19H,2-15H2,1H3. The lowest BCUT2D eigenvalue weighted by atomic mass is 9.78. The lowest BCUT2D eigenvalue weighted by molar-refractivity contribution is -0.0372. The molecule has 3 saturated heterocycles. The van der Waals surface area contributed by atoms with E-state index in [0.29, 0.717) is 0 Å². The van der Waals surface area contributed by atoms with Crippen LogP contribution in [0.5, 0.6) is 0 Å². The van der Waals surface area contributed by atoms with Crippen molar-refractivity contribution in [3.05, 3.63) is 0 Å². The van der Waals surface area contributed by atoms with Gasteiger partial charge in [-0.1, -0.05) is 19.3 Å². The Morgan fingerprint density at radius 2 is 1.45 bits per heavy atom. The highest BCUT2D eigenvalue weighted by Crippen LogP contribution is 2.39. The molecule has 0 aromatic heterocycles. The quantitative estimate of drug-likeness (QED) is 0.777. The lowest BCUT2D eigenvalue weighted by Gasteiger charge is -2.53. The van der Waals surface area contributed by atoms with E-state index in [2.05, 4.69) is 21.7 Å². The van der Waals surface area contributed by atoms with Crippen LogP contribution in [0.2, 0.25) is 0 Å². The Morgan fingerprint density at radius 3 is 2.23 bits per heavy atom. The van der Waals surface area contributed by atoms with Crippen LogP contribution in [0, 0.1) is 5.92 Å². The van der Waals surface area contributed by atoms with E-state index < -0.39 is 0 Å². The molecule has 0 N–H and O–H groups in total. The first-order valence-electron chi connectivity index (χ1n) is 10.0. The Bertz CT molecular complexity index is 358. The van der Waals surface area contributed by atoms with E-state index in [9.17, 15) is 0 Å². The predicted molar refractivity (Wildman–Crippen MR) is 92.2 cm³/mol. The molecule has 0 aromatic carbocycles. The summed E-state index contributed by atoms with van der Waals surface area (Å²) in [6, 6.07) is 2.67. The van der Waals surface area contributed by atoms with Crippen molar-refractivity contribution < 1.29 is 0 Å². The zero-order valence-corrected chi connectivity index (χ0v) is 14.6. The van der Waals surface area contributed by atoms with E-state index in [4.69, 9.17) is 0 Å². The molecule has 0 amide bonds. The number of likely N-dealkylation sites (tertiary alicyclic amines) is 1. The third-order valence-corrected chi connectivity index (χ3v) is 7.13. The molecule has 0 radical (unpaired) electrons. The van der Waals surface area contributed by atoms with Crippen LogP contribution in [0.1, 0.15) is 57.8 Å². The second kappa shape index (κ2) is 6.78. The van der Waals surface area contributed by atoms with Gasteiger partial charge in [-0.25, -0.2) is 0 Å². The molecule has 1 aliphatic carbocycles. The first-order chi connectivity index (χ1) is 10.8. The van der Waals surface area contributed by atoms with Gasteiger partial charge < -0.3 is 4.90 Å². The molecule has 2 atom stereocenters. The van der Waals surface area contributed by atoms with Gasteiger partial charge in [0.15, 0.2) is 0 Å². The highest BCUT2D eigenvalue weighted by molar-refractivity contribution is 5.01. The summed E-state index contributed by atoms with van der Waals surface area (Å²) in [6.45, 7) is 6.71. The monoisotopic (exact) mass is 305 g/mol. The first-order valence-corrected chi connectivity index (χ1v) is 10.0. The van der Waals surface area contributed by atoms with Crippen molar-refractivity contribution in [1.82, 2.24) is 14.7 Å². The van der Waals surface area contributed by atoms with Crippen LogP contribution >= 0.6 is 0 Å². The van der Waals surface area contributed by atoms with Gasteiger partial charge in [0.2, 0.25) is 0 Å². The molecule has 3 heteroatoms. The van der Waals surface area contributed by atoms with Crippen molar-refractivity contribution in [2.75, 3.05) is 39.8 Å². The van der Waals surface area contributed by atoms with Gasteiger partial charge in [0, 0.05) is 31.2 Å². The average Bonchev–Trinajstić information content (AvgIpc) is 3.04. The Labute approximate surface area is 137 Å². The number of piperazine rings is 1. The Balaban J connectivity index is 1.52. The molecule has 22 heavy (non-hydrogen) atoms. The summed E-state index contributed by atoms with van der Waals surface area (Å²) in [6.07, 6.45) is 13.3. The molecule has 126 valence electrons. The minimum Gasteiger partial charge on any atom is -0.306 e. The number of fused-ring (bicyclic) bond motifs is 1. The number of hydrogen-bond acceptors (Lipinski definition) is 3. The summed E-state index contributed by atoms with van der Waals surface area (Å²) in [4.78, 5) is 8.40. The van der Waals surface area contributed by atoms with Gasteiger partial charge in [-0.15, -0.1) is 0 Å². The van der Waals surface area contributed by atoms with Crippen LogP contribution in [0.15, 0.2) is 0 Å². The molecule has 0 spiro atoms. The van der Waals surface area contributed by atoms with Crippen LogP contribution in [-0.2, 0) is 0 Å². The van der Waals surface area contributed by atoms with Gasteiger partial charge in [-0.05, 0) is 71.1 Å². The van der Waals surface area contributed by atoms with Crippen molar-refractivity contribution in [2.24, 2.45) is 5.92 Å². The van der Waals surface area contributed by atoms with Gasteiger partial charge >= 0.3 is 0 Å². The maximum atomic E-state index is 3.02. The smallest absolute Gasteiger partial charge is 0.0283 e. The average molecular weight is 306 g/mol. The summed E-state index contributed by atoms with van der Waals surface area (Å²) in [5.41, 5.74) is 0. The van der Waals surface area contributed by atoms with Gasteiger partial charge in [-0.2, -0.15) is 0 Å². The van der Waals surface area contributed by atoms with Crippen LogP contribution in [0.25, 0.3) is 0 Å². The Morgan fingerprint density at radius 1 is 0.682 bits per heavy atom. The fraction of sp³-hybridized carbons (Fsp3) is 1.00. The van der Waals surface area contributed by atoms with Crippen LogP contribution in [0.3, 0.4) is 0 Å². The molecular weight excluding hydrogens is 270 g/mol. The highest BCUT2D eigenvalue weighted by Gasteiger charge is 2.45. The lowest BCUT2D eigenvalue weighted by Crippen LogP contribution is -2.63. The minimum absolute atomic E-state index is 0.880. The number of nitrogens with zero attached hydrogens (tertiary/aromatic N) is 3. The number of piperidine rings is 1. The molecule has 4 aliphatic rings. The maximum Gasteiger partial charge on any atom is 0.0283 e. The first kappa shape index (κ1) is 15.4. The largest absolute Gasteiger partial charge is 0.306 e. The third kappa shape index (κ3) is 2.97. The van der Waals surface area contributed by atoms with E-state index in [1.807, 2.05) is 0 Å². The Hall–Kier alpha value is -0.120. The van der Waals surface area contributed by atoms with Crippen molar-refractivity contribution in [3.63, 3.8) is 0 Å². The fourth-order valence-electron chi connectivity index (χ4n) is 5.94. The molecule has 3 nitrogen and oxygen atoms in total. The molecule has 3 heterocycles. The molecule has 0 aromatic rings. The van der Waals surface area contributed by atoms with Crippen LogP contribution in [-0.4, -0.2) is 72.6 Å². The zero-order valence-electron chi connectivity index (χ0n) is 14.6. The summed E-state index contributed by atoms with van der Waals surface area (Å²) in [5, 5.41) is 0. The third-order valence-electron chi connectivity index (χ3n) is 7.13. The predicted octanol–water partition coefficient (Wildman–Crippen LogP) is 2.81. The van der Waals surface area contributed by atoms with Crippen molar-refractivity contribution in [3.8, 4) is 0 Å². The summed E-state index contributed by atoms with van der Waals surface area (Å²) >= 11 is 0. The van der Waals surface area contributed by atoms with Crippen LogP contribution in [0.4, 0.5) is 0 Å². The van der Waals surface area contributed by atoms with Gasteiger partial charge in [0.25, 0.3) is 0 Å². The maximum absolute atomic E-state index is 3.02. The summed E-state index contributed by atoms with van der Waals surface area (Å²) < 4.78 is 0. The van der Waals surface area contributed by atoms with E-state index in [1.165, 1.54) is 90.5 Å². The van der Waals surface area contributed by atoms with Crippen molar-refractivity contribution >= 4 is 0 Å². The number of hydrogen-bond donors (Lipinski definition) is 0. The molecule has 4 fully saturated rings. The van der Waals surface area contributed by atoms with Crippen molar-refractivity contribution in [2.45, 2.75) is 75.9 Å². The minimum atomic E-state index is 0.880. The summed E-state index contributed by atoms with van der Waals surface area (Å²) in [7, 11) is 2.30. The highest BCUT2D eigenvalue weighted by atomic mass is 15.3. The summed E-state index contributed by atoms with van der Waals surface area (Å²) in [5.74, 6) is 0.999. The SMILES string of the molecule is CN1CCC(N2CCN3CCCC3C2C2CCCCC2)CC1. The van der Waals surface area contributed by atoms with Gasteiger partial charge in [0.05, 0.1) is 0 Å². The van der Waals surface area contributed by atoms with E-state index >= 15 is 0 Å². The molecule has 1 saturated carbocycles. The van der Waals surface area contributed by atoms with E-state index in [0.717, 1.165) is 24.0 Å². The second-order valence-corrected chi connectivity index (χ2v) is 8.41. The molecule has 4 rings (SSSR count). The second-order valence-electron chi connectivity index (χ2n) is 8.41. The topological polar surface area (TPSA) is 9.72 Å². The van der Waals surface area contributed by atoms with Crippen LogP contribution < -0.4 is 0 Å². The van der Waals surface area contributed by atoms with Crippen molar-refractivity contribution in [1.29, 1.82) is 0 Å². The fourth-order valence-corrected chi connectivity index (χ4v) is 5.94. The zero-order chi connectivity index (χ0) is 14.9. The molecule has 3 aliphatic heterocycles. The van der Waals surface area contributed by atoms with E-state index in [1.54, 1.807) is 0 Å². The van der Waals surface area contributed by atoms with Gasteiger partial charge in [0.1, 0.15) is 0 Å².